The molecule has 2 N–H and O–H groups in total. The van der Waals surface area contributed by atoms with E-state index in [-0.39, 0.29) is 11.6 Å². The number of rotatable bonds is 4. The van der Waals surface area contributed by atoms with Gasteiger partial charge in [0.05, 0.1) is 0 Å². The summed E-state index contributed by atoms with van der Waals surface area (Å²) in [5.74, 6) is 0.448. The molecular weight excluding hydrogens is 252 g/mol. The standard InChI is InChI=1S/C15H20N4O/c1-11(2)19-8-7-17-14(15(19)20)18(3)10-12-5-4-6-13(16)9-12/h4-9,11H,10,16H2,1-3H3. The maximum absolute atomic E-state index is 12.3. The van der Waals surface area contributed by atoms with E-state index >= 15 is 0 Å². The van der Waals surface area contributed by atoms with Crippen LogP contribution in [0.15, 0.2) is 41.5 Å². The molecular formula is C15H20N4O. The first-order valence-electron chi connectivity index (χ1n) is 6.61. The Hall–Kier alpha value is -2.30. The zero-order valence-corrected chi connectivity index (χ0v) is 12.1. The van der Waals surface area contributed by atoms with Gasteiger partial charge >= 0.3 is 0 Å². The normalized spacial score (nSPS) is 10.8. The monoisotopic (exact) mass is 272 g/mol. The molecule has 1 heterocycles. The van der Waals surface area contributed by atoms with Crippen molar-refractivity contribution in [2.24, 2.45) is 0 Å². The van der Waals surface area contributed by atoms with Gasteiger partial charge in [-0.3, -0.25) is 4.79 Å². The highest BCUT2D eigenvalue weighted by Gasteiger charge is 2.11. The maximum atomic E-state index is 12.3. The Bertz CT molecular complexity index is 648. The van der Waals surface area contributed by atoms with Crippen LogP contribution in [0.4, 0.5) is 11.5 Å². The van der Waals surface area contributed by atoms with Gasteiger partial charge < -0.3 is 15.2 Å². The van der Waals surface area contributed by atoms with Gasteiger partial charge in [0, 0.05) is 37.7 Å². The minimum atomic E-state index is -0.0751. The Morgan fingerprint density at radius 2 is 2.15 bits per heavy atom. The predicted molar refractivity (Wildman–Crippen MR) is 81.8 cm³/mol. The minimum Gasteiger partial charge on any atom is -0.399 e. The Morgan fingerprint density at radius 3 is 2.80 bits per heavy atom. The molecule has 0 unspecified atom stereocenters. The molecule has 0 saturated carbocycles. The molecule has 0 spiro atoms. The molecule has 0 aliphatic carbocycles. The Labute approximate surface area is 118 Å². The van der Waals surface area contributed by atoms with E-state index in [0.717, 1.165) is 11.3 Å². The lowest BCUT2D eigenvalue weighted by atomic mass is 10.2. The first-order chi connectivity index (χ1) is 9.49. The largest absolute Gasteiger partial charge is 0.399 e. The maximum Gasteiger partial charge on any atom is 0.293 e. The second kappa shape index (κ2) is 5.77. The van der Waals surface area contributed by atoms with Gasteiger partial charge in [-0.2, -0.15) is 0 Å². The van der Waals surface area contributed by atoms with Crippen molar-refractivity contribution in [3.63, 3.8) is 0 Å². The number of benzene rings is 1. The van der Waals surface area contributed by atoms with Crippen molar-refractivity contribution < 1.29 is 0 Å². The number of hydrogen-bond donors (Lipinski definition) is 1. The van der Waals surface area contributed by atoms with Crippen molar-refractivity contribution in [3.8, 4) is 0 Å². The third-order valence-electron chi connectivity index (χ3n) is 3.14. The molecule has 1 aromatic heterocycles. The Balaban J connectivity index is 2.28. The van der Waals surface area contributed by atoms with Crippen LogP contribution in [-0.4, -0.2) is 16.6 Å². The molecule has 1 aromatic carbocycles. The summed E-state index contributed by atoms with van der Waals surface area (Å²) < 4.78 is 1.68. The molecule has 0 saturated heterocycles. The molecule has 0 bridgehead atoms. The molecule has 106 valence electrons. The zero-order valence-electron chi connectivity index (χ0n) is 12.1. The lowest BCUT2D eigenvalue weighted by molar-refractivity contribution is 0.572. The second-order valence-electron chi connectivity index (χ2n) is 5.16. The third-order valence-corrected chi connectivity index (χ3v) is 3.14. The molecule has 5 heteroatoms. The summed E-state index contributed by atoms with van der Waals surface area (Å²) in [5, 5.41) is 0. The van der Waals surface area contributed by atoms with E-state index in [2.05, 4.69) is 4.98 Å². The quantitative estimate of drug-likeness (QED) is 0.865. The summed E-state index contributed by atoms with van der Waals surface area (Å²) in [6.07, 6.45) is 3.37. The molecule has 20 heavy (non-hydrogen) atoms. The highest BCUT2D eigenvalue weighted by atomic mass is 16.1. The summed E-state index contributed by atoms with van der Waals surface area (Å²) in [7, 11) is 1.86. The lowest BCUT2D eigenvalue weighted by Crippen LogP contribution is -2.31. The van der Waals surface area contributed by atoms with Crippen LogP contribution >= 0.6 is 0 Å². The van der Waals surface area contributed by atoms with E-state index in [0.29, 0.717) is 12.4 Å². The van der Waals surface area contributed by atoms with E-state index in [4.69, 9.17) is 5.73 Å². The van der Waals surface area contributed by atoms with Crippen molar-refractivity contribution in [2.75, 3.05) is 17.7 Å². The van der Waals surface area contributed by atoms with E-state index in [9.17, 15) is 4.79 Å². The fraction of sp³-hybridized carbons (Fsp3) is 0.333. The van der Waals surface area contributed by atoms with Crippen LogP contribution < -0.4 is 16.2 Å². The van der Waals surface area contributed by atoms with Crippen LogP contribution in [0, 0.1) is 0 Å². The van der Waals surface area contributed by atoms with Crippen molar-refractivity contribution >= 4 is 11.5 Å². The van der Waals surface area contributed by atoms with Gasteiger partial charge in [0.15, 0.2) is 5.82 Å². The molecule has 2 rings (SSSR count). The van der Waals surface area contributed by atoms with Crippen LogP contribution in [0.25, 0.3) is 0 Å². The average Bonchev–Trinajstić information content (AvgIpc) is 2.38. The minimum absolute atomic E-state index is 0.0751. The van der Waals surface area contributed by atoms with Crippen molar-refractivity contribution in [1.82, 2.24) is 9.55 Å². The average molecular weight is 272 g/mol. The van der Waals surface area contributed by atoms with Crippen LogP contribution in [0.2, 0.25) is 0 Å². The Kier molecular flexibility index (Phi) is 4.08. The zero-order chi connectivity index (χ0) is 14.7. The van der Waals surface area contributed by atoms with Gasteiger partial charge in [0.2, 0.25) is 0 Å². The first-order valence-corrected chi connectivity index (χ1v) is 6.61. The van der Waals surface area contributed by atoms with Crippen LogP contribution in [0.1, 0.15) is 25.5 Å². The number of nitrogens with two attached hydrogens (primary N) is 1. The summed E-state index contributed by atoms with van der Waals surface area (Å²) in [4.78, 5) is 18.4. The van der Waals surface area contributed by atoms with Gasteiger partial charge in [-0.15, -0.1) is 0 Å². The number of nitrogen functional groups attached to an aromatic ring is 1. The molecule has 0 fully saturated rings. The molecule has 2 aromatic rings. The summed E-state index contributed by atoms with van der Waals surface area (Å²) in [6, 6.07) is 7.75. The summed E-state index contributed by atoms with van der Waals surface area (Å²) in [6.45, 7) is 4.54. The molecule has 0 aliphatic rings. The van der Waals surface area contributed by atoms with Crippen molar-refractivity contribution in [2.45, 2.75) is 26.4 Å². The topological polar surface area (TPSA) is 64.2 Å². The molecule has 0 radical (unpaired) electrons. The highest BCUT2D eigenvalue weighted by molar-refractivity contribution is 5.43. The smallest absolute Gasteiger partial charge is 0.293 e. The van der Waals surface area contributed by atoms with Crippen LogP contribution in [-0.2, 0) is 6.54 Å². The second-order valence-corrected chi connectivity index (χ2v) is 5.16. The van der Waals surface area contributed by atoms with Gasteiger partial charge in [-0.05, 0) is 31.5 Å². The van der Waals surface area contributed by atoms with Gasteiger partial charge in [-0.1, -0.05) is 12.1 Å². The molecule has 0 aliphatic heterocycles. The summed E-state index contributed by atoms with van der Waals surface area (Å²) >= 11 is 0. The molecule has 0 amide bonds. The fourth-order valence-electron chi connectivity index (χ4n) is 2.12. The molecule has 5 nitrogen and oxygen atoms in total. The predicted octanol–water partition coefficient (Wildman–Crippen LogP) is 2.04. The highest BCUT2D eigenvalue weighted by Crippen LogP contribution is 2.12. The molecule has 0 atom stereocenters. The lowest BCUT2D eigenvalue weighted by Gasteiger charge is -2.19. The number of nitrogens with zero attached hydrogens (tertiary/aromatic N) is 3. The number of hydrogen-bond acceptors (Lipinski definition) is 4. The van der Waals surface area contributed by atoms with Crippen molar-refractivity contribution in [3.05, 3.63) is 52.6 Å². The van der Waals surface area contributed by atoms with E-state index in [1.807, 2.05) is 50.1 Å². The van der Waals surface area contributed by atoms with Gasteiger partial charge in [0.25, 0.3) is 5.56 Å². The summed E-state index contributed by atoms with van der Waals surface area (Å²) in [5.41, 5.74) is 7.46. The van der Waals surface area contributed by atoms with E-state index in [1.165, 1.54) is 0 Å². The number of aromatic nitrogens is 2. The van der Waals surface area contributed by atoms with E-state index < -0.39 is 0 Å². The van der Waals surface area contributed by atoms with E-state index in [1.54, 1.807) is 17.0 Å². The van der Waals surface area contributed by atoms with Crippen LogP contribution in [0.5, 0.6) is 0 Å². The first kappa shape index (κ1) is 14.1. The van der Waals surface area contributed by atoms with Gasteiger partial charge in [0.1, 0.15) is 0 Å². The fourth-order valence-corrected chi connectivity index (χ4v) is 2.12. The van der Waals surface area contributed by atoms with Gasteiger partial charge in [-0.25, -0.2) is 4.98 Å². The third kappa shape index (κ3) is 2.99. The SMILES string of the molecule is CC(C)n1ccnc(N(C)Cc2cccc(N)c2)c1=O. The Morgan fingerprint density at radius 1 is 1.40 bits per heavy atom. The van der Waals surface area contributed by atoms with Crippen molar-refractivity contribution in [1.29, 1.82) is 0 Å². The van der Waals surface area contributed by atoms with Crippen LogP contribution in [0.3, 0.4) is 0 Å². The number of anilines is 2.